The number of carbonyl (C=O) groups excluding carboxylic acids is 1. The first kappa shape index (κ1) is 21.4. The number of rotatable bonds is 7. The van der Waals surface area contributed by atoms with Gasteiger partial charge in [-0.25, -0.2) is 13.4 Å². The van der Waals surface area contributed by atoms with Crippen molar-refractivity contribution in [3.8, 4) is 0 Å². The Morgan fingerprint density at radius 3 is 2.34 bits per heavy atom. The Kier molecular flexibility index (Phi) is 6.36. The van der Waals surface area contributed by atoms with Crippen molar-refractivity contribution in [3.05, 3.63) is 53.6 Å². The molecule has 1 amide bonds. The van der Waals surface area contributed by atoms with E-state index in [4.69, 9.17) is 0 Å². The summed E-state index contributed by atoms with van der Waals surface area (Å²) in [5.41, 5.74) is 1.95. The number of carbonyl (C=O) groups is 1. The first-order chi connectivity index (χ1) is 13.8. The summed E-state index contributed by atoms with van der Waals surface area (Å²) < 4.78 is 28.2. The van der Waals surface area contributed by atoms with Crippen molar-refractivity contribution in [2.24, 2.45) is 0 Å². The zero-order valence-corrected chi connectivity index (χ0v) is 18.7. The Labute approximate surface area is 175 Å². The molecule has 0 spiro atoms. The van der Waals surface area contributed by atoms with Crippen molar-refractivity contribution in [2.75, 3.05) is 24.5 Å². The first-order valence-electron chi connectivity index (χ1n) is 9.61. The van der Waals surface area contributed by atoms with E-state index in [1.807, 2.05) is 38.1 Å². The summed E-state index contributed by atoms with van der Waals surface area (Å²) in [6.45, 7) is 8.49. The van der Waals surface area contributed by atoms with Crippen LogP contribution in [0, 0.1) is 6.92 Å². The number of benzene rings is 2. The molecule has 0 N–H and O–H groups in total. The number of aryl methyl sites for hydroxylation is 1. The van der Waals surface area contributed by atoms with Crippen molar-refractivity contribution in [2.45, 2.75) is 32.6 Å². The molecular formula is C21H25N3O3S2. The molecule has 0 aliphatic heterocycles. The molecule has 0 aliphatic carbocycles. The molecule has 0 saturated carbocycles. The fraction of sp³-hybridized carbons (Fsp3) is 0.333. The van der Waals surface area contributed by atoms with E-state index in [9.17, 15) is 13.2 Å². The van der Waals surface area contributed by atoms with Crippen molar-refractivity contribution < 1.29 is 13.2 Å². The van der Waals surface area contributed by atoms with Crippen molar-refractivity contribution in [1.29, 1.82) is 0 Å². The van der Waals surface area contributed by atoms with E-state index in [-0.39, 0.29) is 10.8 Å². The van der Waals surface area contributed by atoms with Crippen LogP contribution < -0.4 is 4.90 Å². The van der Waals surface area contributed by atoms with Gasteiger partial charge in [0.15, 0.2) is 5.13 Å². The van der Waals surface area contributed by atoms with Gasteiger partial charge >= 0.3 is 0 Å². The van der Waals surface area contributed by atoms with E-state index in [0.29, 0.717) is 30.3 Å². The summed E-state index contributed by atoms with van der Waals surface area (Å²) >= 11 is 1.45. The standard InChI is InChI=1S/C21H25N3O3S2/c1-5-23(6-2)29(26,27)16-13-12-15(4)17(14-16)20(25)24(7-3)21-22-18-10-8-9-11-19(18)28-21/h8-14H,5-7H2,1-4H3. The second-order valence-electron chi connectivity index (χ2n) is 6.58. The molecule has 0 unspecified atom stereocenters. The van der Waals surface area contributed by atoms with Crippen molar-refractivity contribution in [1.82, 2.24) is 9.29 Å². The second-order valence-corrected chi connectivity index (χ2v) is 9.53. The van der Waals surface area contributed by atoms with Crippen molar-refractivity contribution >= 4 is 42.6 Å². The predicted octanol–water partition coefficient (Wildman–Crippen LogP) is 4.30. The zero-order chi connectivity index (χ0) is 21.2. The lowest BCUT2D eigenvalue weighted by Crippen LogP contribution is -2.32. The molecule has 0 atom stereocenters. The van der Waals surface area contributed by atoms with Crippen LogP contribution in [-0.2, 0) is 10.0 Å². The van der Waals surface area contributed by atoms with Gasteiger partial charge in [0, 0.05) is 25.2 Å². The predicted molar refractivity (Wildman–Crippen MR) is 118 cm³/mol. The largest absolute Gasteiger partial charge is 0.284 e. The molecule has 29 heavy (non-hydrogen) atoms. The van der Waals surface area contributed by atoms with Gasteiger partial charge in [-0.15, -0.1) is 0 Å². The number of anilines is 1. The molecule has 6 nitrogen and oxygen atoms in total. The van der Waals surface area contributed by atoms with Crippen LogP contribution in [0.25, 0.3) is 10.2 Å². The second kappa shape index (κ2) is 8.61. The summed E-state index contributed by atoms with van der Waals surface area (Å²) in [6, 6.07) is 12.5. The minimum Gasteiger partial charge on any atom is -0.284 e. The van der Waals surface area contributed by atoms with Gasteiger partial charge in [0.1, 0.15) is 0 Å². The number of hydrogen-bond donors (Lipinski definition) is 0. The number of fused-ring (bicyclic) bond motifs is 1. The smallest absolute Gasteiger partial charge is 0.260 e. The number of nitrogens with zero attached hydrogens (tertiary/aromatic N) is 3. The maximum atomic E-state index is 13.3. The Morgan fingerprint density at radius 2 is 1.72 bits per heavy atom. The van der Waals surface area contributed by atoms with Crippen LogP contribution in [0.3, 0.4) is 0 Å². The molecule has 1 heterocycles. The molecule has 0 saturated heterocycles. The van der Waals surface area contributed by atoms with E-state index < -0.39 is 10.0 Å². The van der Waals surface area contributed by atoms with Gasteiger partial charge in [-0.1, -0.05) is 43.4 Å². The SMILES string of the molecule is CCN(C(=O)c1cc(S(=O)(=O)N(CC)CC)ccc1C)c1nc2ccccc2s1. The maximum Gasteiger partial charge on any atom is 0.260 e. The molecule has 2 aromatic carbocycles. The third kappa shape index (κ3) is 4.05. The van der Waals surface area contributed by atoms with E-state index in [0.717, 1.165) is 15.8 Å². The molecule has 0 aliphatic rings. The Morgan fingerprint density at radius 1 is 1.03 bits per heavy atom. The molecule has 1 aromatic heterocycles. The molecule has 154 valence electrons. The minimum atomic E-state index is -3.64. The maximum absolute atomic E-state index is 13.3. The number of amides is 1. The lowest BCUT2D eigenvalue weighted by molar-refractivity contribution is 0.0987. The molecule has 0 radical (unpaired) electrons. The fourth-order valence-electron chi connectivity index (χ4n) is 3.19. The van der Waals surface area contributed by atoms with Crippen LogP contribution in [0.4, 0.5) is 5.13 Å². The van der Waals surface area contributed by atoms with Gasteiger partial charge in [-0.2, -0.15) is 4.31 Å². The van der Waals surface area contributed by atoms with E-state index in [1.165, 1.54) is 21.7 Å². The first-order valence-corrected chi connectivity index (χ1v) is 11.9. The van der Waals surface area contributed by atoms with E-state index >= 15 is 0 Å². The van der Waals surface area contributed by atoms with Crippen LogP contribution in [0.5, 0.6) is 0 Å². The van der Waals surface area contributed by atoms with Crippen molar-refractivity contribution in [3.63, 3.8) is 0 Å². The van der Waals surface area contributed by atoms with Gasteiger partial charge in [0.2, 0.25) is 10.0 Å². The number of thiazole rings is 1. The third-order valence-electron chi connectivity index (χ3n) is 4.86. The highest BCUT2D eigenvalue weighted by atomic mass is 32.2. The highest BCUT2D eigenvalue weighted by Crippen LogP contribution is 2.30. The van der Waals surface area contributed by atoms with Gasteiger partial charge in [-0.05, 0) is 43.7 Å². The quantitative estimate of drug-likeness (QED) is 0.559. The van der Waals surface area contributed by atoms with Crippen LogP contribution in [0.15, 0.2) is 47.4 Å². The number of para-hydroxylation sites is 1. The summed E-state index contributed by atoms with van der Waals surface area (Å²) in [5, 5.41) is 0.607. The summed E-state index contributed by atoms with van der Waals surface area (Å²) in [6.07, 6.45) is 0. The summed E-state index contributed by atoms with van der Waals surface area (Å²) in [4.78, 5) is 19.7. The summed E-state index contributed by atoms with van der Waals surface area (Å²) in [5.74, 6) is -0.249. The zero-order valence-electron chi connectivity index (χ0n) is 17.0. The van der Waals surface area contributed by atoms with Crippen LogP contribution in [0.1, 0.15) is 36.7 Å². The van der Waals surface area contributed by atoms with Crippen LogP contribution >= 0.6 is 11.3 Å². The molecular weight excluding hydrogens is 406 g/mol. The lowest BCUT2D eigenvalue weighted by atomic mass is 10.1. The van der Waals surface area contributed by atoms with E-state index in [1.54, 1.807) is 30.9 Å². The summed E-state index contributed by atoms with van der Waals surface area (Å²) in [7, 11) is -3.64. The molecule has 0 bridgehead atoms. The molecule has 8 heteroatoms. The third-order valence-corrected chi connectivity index (χ3v) is 7.96. The van der Waals surface area contributed by atoms with Crippen LogP contribution in [-0.4, -0.2) is 43.2 Å². The Hall–Kier alpha value is -2.29. The van der Waals surface area contributed by atoms with E-state index in [2.05, 4.69) is 4.98 Å². The van der Waals surface area contributed by atoms with Gasteiger partial charge in [-0.3, -0.25) is 9.69 Å². The lowest BCUT2D eigenvalue weighted by Gasteiger charge is -2.21. The Bertz CT molecular complexity index is 1100. The molecule has 0 fully saturated rings. The number of sulfonamides is 1. The average Bonchev–Trinajstić information content (AvgIpc) is 3.13. The highest BCUT2D eigenvalue weighted by Gasteiger charge is 2.26. The van der Waals surface area contributed by atoms with Crippen LogP contribution in [0.2, 0.25) is 0 Å². The minimum absolute atomic E-state index is 0.135. The van der Waals surface area contributed by atoms with Gasteiger partial charge in [0.05, 0.1) is 15.1 Å². The topological polar surface area (TPSA) is 70.6 Å². The normalized spacial score (nSPS) is 11.9. The number of aromatic nitrogens is 1. The molecule has 3 rings (SSSR count). The average molecular weight is 432 g/mol. The Balaban J connectivity index is 2.03. The molecule has 3 aromatic rings. The van der Waals surface area contributed by atoms with Gasteiger partial charge < -0.3 is 0 Å². The monoisotopic (exact) mass is 431 g/mol. The fourth-order valence-corrected chi connectivity index (χ4v) is 5.70. The number of hydrogen-bond acceptors (Lipinski definition) is 5. The van der Waals surface area contributed by atoms with Gasteiger partial charge in [0.25, 0.3) is 5.91 Å². The highest BCUT2D eigenvalue weighted by molar-refractivity contribution is 7.89.